The zero-order valence-corrected chi connectivity index (χ0v) is 13.6. The first-order valence-corrected chi connectivity index (χ1v) is 8.61. The number of nitrogens with one attached hydrogen (secondary N) is 1. The summed E-state index contributed by atoms with van der Waals surface area (Å²) in [6.07, 6.45) is 10.2. The first-order chi connectivity index (χ1) is 10.1. The maximum absolute atomic E-state index is 12.2. The van der Waals surface area contributed by atoms with Gasteiger partial charge in [0.25, 0.3) is 0 Å². The molecule has 1 amide bonds. The minimum Gasteiger partial charge on any atom is -0.480 e. The highest BCUT2D eigenvalue weighted by Crippen LogP contribution is 2.32. The fraction of sp³-hybridized carbons (Fsp3) is 0.882. The second kappa shape index (κ2) is 9.80. The molecular weight excluding hydrogens is 266 g/mol. The largest absolute Gasteiger partial charge is 0.480 e. The smallest absolute Gasteiger partial charge is 0.326 e. The van der Waals surface area contributed by atoms with Crippen LogP contribution < -0.4 is 5.32 Å². The average molecular weight is 297 g/mol. The predicted octanol–water partition coefficient (Wildman–Crippen LogP) is 3.74. The van der Waals surface area contributed by atoms with Crippen molar-refractivity contribution in [3.63, 3.8) is 0 Å². The van der Waals surface area contributed by atoms with Crippen molar-refractivity contribution in [2.75, 3.05) is 0 Å². The quantitative estimate of drug-likeness (QED) is 0.681. The summed E-state index contributed by atoms with van der Waals surface area (Å²) >= 11 is 0. The lowest BCUT2D eigenvalue weighted by Crippen LogP contribution is -2.44. The molecule has 4 heteroatoms. The van der Waals surface area contributed by atoms with Gasteiger partial charge in [-0.25, -0.2) is 4.79 Å². The summed E-state index contributed by atoms with van der Waals surface area (Å²) < 4.78 is 0. The summed E-state index contributed by atoms with van der Waals surface area (Å²) in [6.45, 7) is 4.24. The van der Waals surface area contributed by atoms with E-state index in [-0.39, 0.29) is 11.8 Å². The van der Waals surface area contributed by atoms with E-state index >= 15 is 0 Å². The Hall–Kier alpha value is -1.06. The van der Waals surface area contributed by atoms with Crippen molar-refractivity contribution >= 4 is 11.9 Å². The Bertz CT molecular complexity index is 322. The summed E-state index contributed by atoms with van der Waals surface area (Å²) in [6, 6.07) is -0.713. The van der Waals surface area contributed by atoms with Gasteiger partial charge in [0.15, 0.2) is 0 Å². The van der Waals surface area contributed by atoms with E-state index in [1.54, 1.807) is 0 Å². The molecule has 21 heavy (non-hydrogen) atoms. The number of hydrogen-bond acceptors (Lipinski definition) is 2. The van der Waals surface area contributed by atoms with Crippen LogP contribution in [-0.2, 0) is 9.59 Å². The van der Waals surface area contributed by atoms with Gasteiger partial charge in [-0.15, -0.1) is 0 Å². The molecule has 1 aliphatic carbocycles. The van der Waals surface area contributed by atoms with E-state index in [0.29, 0.717) is 6.42 Å². The van der Waals surface area contributed by atoms with Crippen LogP contribution in [0.3, 0.4) is 0 Å². The van der Waals surface area contributed by atoms with E-state index < -0.39 is 12.0 Å². The monoisotopic (exact) mass is 297 g/mol. The second-order valence-electron chi connectivity index (χ2n) is 6.40. The van der Waals surface area contributed by atoms with Gasteiger partial charge in [0.05, 0.1) is 0 Å². The Morgan fingerprint density at radius 3 is 2.24 bits per heavy atom. The maximum Gasteiger partial charge on any atom is 0.326 e. The molecule has 0 spiro atoms. The normalized spacial score (nSPS) is 23.5. The van der Waals surface area contributed by atoms with Crippen molar-refractivity contribution in [3.05, 3.63) is 0 Å². The van der Waals surface area contributed by atoms with Crippen LogP contribution in [-0.4, -0.2) is 23.0 Å². The number of unbranched alkanes of at least 4 members (excludes halogenated alkanes) is 2. The number of rotatable bonds is 9. The lowest BCUT2D eigenvalue weighted by molar-refractivity contribution is -0.143. The number of carboxylic acid groups (broad SMARTS) is 1. The van der Waals surface area contributed by atoms with Crippen LogP contribution >= 0.6 is 0 Å². The number of amides is 1. The van der Waals surface area contributed by atoms with Crippen molar-refractivity contribution in [1.29, 1.82) is 0 Å². The first-order valence-electron chi connectivity index (χ1n) is 8.61. The summed E-state index contributed by atoms with van der Waals surface area (Å²) in [5, 5.41) is 11.9. The third-order valence-electron chi connectivity index (χ3n) is 4.64. The number of carbonyl (C=O) groups excluding carboxylic acids is 1. The first kappa shape index (κ1) is 18.0. The Balaban J connectivity index is 2.36. The van der Waals surface area contributed by atoms with E-state index in [1.165, 1.54) is 19.3 Å². The molecule has 2 N–H and O–H groups in total. The molecule has 1 unspecified atom stereocenters. The van der Waals surface area contributed by atoms with Crippen LogP contribution in [0.4, 0.5) is 0 Å². The molecule has 0 heterocycles. The van der Waals surface area contributed by atoms with Crippen LogP contribution in [0.25, 0.3) is 0 Å². The molecule has 0 aliphatic heterocycles. The van der Waals surface area contributed by atoms with E-state index in [2.05, 4.69) is 12.2 Å². The fourth-order valence-electron chi connectivity index (χ4n) is 3.16. The van der Waals surface area contributed by atoms with Gasteiger partial charge in [0.2, 0.25) is 5.91 Å². The van der Waals surface area contributed by atoms with Crippen LogP contribution in [0.15, 0.2) is 0 Å². The molecule has 0 aromatic rings. The standard InChI is InChI=1S/C17H31NO3/c1-3-5-7-13-9-11-14(12-10-13)16(19)18-15(17(20)21)8-6-4-2/h13-15H,3-12H2,1-2H3,(H,18,19)(H,20,21). The van der Waals surface area contributed by atoms with Gasteiger partial charge in [0, 0.05) is 5.92 Å². The van der Waals surface area contributed by atoms with Crippen LogP contribution in [0.2, 0.25) is 0 Å². The van der Waals surface area contributed by atoms with Crippen LogP contribution in [0.5, 0.6) is 0 Å². The molecule has 1 saturated carbocycles. The fourth-order valence-corrected chi connectivity index (χ4v) is 3.16. The Morgan fingerprint density at radius 2 is 1.71 bits per heavy atom. The lowest BCUT2D eigenvalue weighted by Gasteiger charge is -2.28. The molecule has 1 atom stereocenters. The lowest BCUT2D eigenvalue weighted by atomic mass is 9.79. The van der Waals surface area contributed by atoms with E-state index in [1.807, 2.05) is 6.92 Å². The van der Waals surface area contributed by atoms with Crippen LogP contribution in [0, 0.1) is 11.8 Å². The second-order valence-corrected chi connectivity index (χ2v) is 6.40. The predicted molar refractivity (Wildman–Crippen MR) is 84.1 cm³/mol. The van der Waals surface area contributed by atoms with Crippen molar-refractivity contribution in [3.8, 4) is 0 Å². The zero-order valence-electron chi connectivity index (χ0n) is 13.6. The highest BCUT2D eigenvalue weighted by Gasteiger charge is 2.28. The molecule has 1 aliphatic rings. The van der Waals surface area contributed by atoms with Gasteiger partial charge in [-0.2, -0.15) is 0 Å². The highest BCUT2D eigenvalue weighted by atomic mass is 16.4. The minimum absolute atomic E-state index is 0.0198. The van der Waals surface area contributed by atoms with Gasteiger partial charge < -0.3 is 10.4 Å². The molecule has 4 nitrogen and oxygen atoms in total. The van der Waals surface area contributed by atoms with Crippen molar-refractivity contribution in [2.45, 2.75) is 84.1 Å². The third-order valence-corrected chi connectivity index (χ3v) is 4.64. The number of carbonyl (C=O) groups is 2. The highest BCUT2D eigenvalue weighted by molar-refractivity contribution is 5.84. The summed E-state index contributed by atoms with van der Waals surface area (Å²) in [4.78, 5) is 23.4. The number of hydrogen-bond donors (Lipinski definition) is 2. The minimum atomic E-state index is -0.909. The molecule has 1 fully saturated rings. The Labute approximate surface area is 128 Å². The van der Waals surface area contributed by atoms with E-state index in [0.717, 1.165) is 44.4 Å². The maximum atomic E-state index is 12.2. The molecule has 0 bridgehead atoms. The van der Waals surface area contributed by atoms with Gasteiger partial charge in [-0.1, -0.05) is 46.0 Å². The van der Waals surface area contributed by atoms with E-state index in [4.69, 9.17) is 0 Å². The summed E-state index contributed by atoms with van der Waals surface area (Å²) in [7, 11) is 0. The SMILES string of the molecule is CCCCC1CCC(C(=O)NC(CCCC)C(=O)O)CC1. The van der Waals surface area contributed by atoms with Crippen molar-refractivity contribution < 1.29 is 14.7 Å². The number of aliphatic carboxylic acids is 1. The topological polar surface area (TPSA) is 66.4 Å². The molecule has 0 saturated heterocycles. The Kier molecular flexibility index (Phi) is 8.40. The van der Waals surface area contributed by atoms with Gasteiger partial charge in [-0.05, 0) is 38.0 Å². The van der Waals surface area contributed by atoms with Gasteiger partial charge in [0.1, 0.15) is 6.04 Å². The zero-order chi connectivity index (χ0) is 15.7. The molecular formula is C17H31NO3. The van der Waals surface area contributed by atoms with Crippen molar-refractivity contribution in [2.24, 2.45) is 11.8 Å². The van der Waals surface area contributed by atoms with Crippen molar-refractivity contribution in [1.82, 2.24) is 5.32 Å². The van der Waals surface area contributed by atoms with Gasteiger partial charge in [-0.3, -0.25) is 4.79 Å². The van der Waals surface area contributed by atoms with Crippen LogP contribution in [0.1, 0.15) is 78.1 Å². The molecule has 1 rings (SSSR count). The van der Waals surface area contributed by atoms with Gasteiger partial charge >= 0.3 is 5.97 Å². The average Bonchev–Trinajstić information content (AvgIpc) is 2.49. The Morgan fingerprint density at radius 1 is 1.10 bits per heavy atom. The molecule has 122 valence electrons. The molecule has 0 radical (unpaired) electrons. The summed E-state index contributed by atoms with van der Waals surface area (Å²) in [5.41, 5.74) is 0. The summed E-state index contributed by atoms with van der Waals surface area (Å²) in [5.74, 6) is -0.170. The van der Waals surface area contributed by atoms with E-state index in [9.17, 15) is 14.7 Å². The molecule has 0 aromatic heterocycles. The number of carboxylic acids is 1. The third kappa shape index (κ3) is 6.49. The molecule has 0 aromatic carbocycles.